The van der Waals surface area contributed by atoms with Crippen LogP contribution in [0.3, 0.4) is 0 Å². The summed E-state index contributed by atoms with van der Waals surface area (Å²) in [5.41, 5.74) is 0.924. The van der Waals surface area contributed by atoms with Gasteiger partial charge in [-0.25, -0.2) is 6.58 Å². The molecule has 2 heteroatoms. The van der Waals surface area contributed by atoms with Crippen LogP contribution in [0.15, 0.2) is 30.8 Å². The van der Waals surface area contributed by atoms with Crippen LogP contribution >= 0.6 is 0 Å². The van der Waals surface area contributed by atoms with E-state index in [0.717, 1.165) is 5.56 Å². The van der Waals surface area contributed by atoms with Gasteiger partial charge in [-0.1, -0.05) is 0 Å². The fraction of sp³-hybridized carbons (Fsp3) is 0. The number of hydrogen-bond acceptors (Lipinski definition) is 0. The van der Waals surface area contributed by atoms with E-state index in [2.05, 4.69) is 18.7 Å². The Bertz CT molecular complexity index is 170. The Hall–Kier alpha value is 1.17. The van der Waals surface area contributed by atoms with Crippen molar-refractivity contribution in [2.75, 3.05) is 0 Å². The maximum Gasteiger partial charge on any atom is 0 e. The molecule has 0 fully saturated rings. The largest absolute Gasteiger partial charge is 0.383 e. The average Bonchev–Trinajstić information content (AvgIpc) is 1.90. The first-order valence-corrected chi connectivity index (χ1v) is 2.43. The molecule has 0 aliphatic heterocycles. The molecule has 0 spiro atoms. The first-order valence-electron chi connectivity index (χ1n) is 2.43. The standard InChI is InChI=1S/C8H6.2Y/c1-2-8-6-4-3-5-7-8;;/h3-6H,1H2;;/q-2;;. The van der Waals surface area contributed by atoms with Gasteiger partial charge in [0.05, 0.1) is 0 Å². The maximum atomic E-state index is 3.47. The Balaban J connectivity index is 0. The van der Waals surface area contributed by atoms with Crippen molar-refractivity contribution in [2.24, 2.45) is 0 Å². The Labute approximate surface area is 112 Å². The normalized spacial score (nSPS) is 6.80. The van der Waals surface area contributed by atoms with Gasteiger partial charge in [0.2, 0.25) is 0 Å². The summed E-state index contributed by atoms with van der Waals surface area (Å²) >= 11 is 0. The molecule has 0 unspecified atom stereocenters. The van der Waals surface area contributed by atoms with Gasteiger partial charge in [-0.3, -0.25) is 6.07 Å². The molecular formula is C8H6Y2-2. The third-order valence-electron chi connectivity index (χ3n) is 0.900. The topological polar surface area (TPSA) is 0 Å². The minimum absolute atomic E-state index is 0. The van der Waals surface area contributed by atoms with Crippen LogP contribution in [0.5, 0.6) is 0 Å². The van der Waals surface area contributed by atoms with Crippen molar-refractivity contribution < 1.29 is 65.4 Å². The number of benzene rings is 1. The summed E-state index contributed by atoms with van der Waals surface area (Å²) in [5.74, 6) is 0. The molecular weight excluding hydrogens is 274 g/mol. The van der Waals surface area contributed by atoms with Gasteiger partial charge >= 0.3 is 0 Å². The van der Waals surface area contributed by atoms with Crippen LogP contribution in [-0.2, 0) is 65.4 Å². The Morgan fingerprint density at radius 2 is 2.00 bits per heavy atom. The van der Waals surface area contributed by atoms with Gasteiger partial charge in [-0.2, -0.15) is 12.1 Å². The van der Waals surface area contributed by atoms with Crippen molar-refractivity contribution in [2.45, 2.75) is 0 Å². The quantitative estimate of drug-likeness (QED) is 0.688. The monoisotopic (exact) mass is 280 g/mol. The molecule has 0 heterocycles. The fourth-order valence-electron chi connectivity index (χ4n) is 0.503. The molecule has 1 aromatic carbocycles. The van der Waals surface area contributed by atoms with Gasteiger partial charge in [0.1, 0.15) is 0 Å². The van der Waals surface area contributed by atoms with Crippen molar-refractivity contribution in [3.8, 4) is 0 Å². The summed E-state index contributed by atoms with van der Waals surface area (Å²) in [6.07, 6.45) is 2.72. The summed E-state index contributed by atoms with van der Waals surface area (Å²) < 4.78 is 0. The molecule has 0 saturated heterocycles. The molecule has 0 aliphatic carbocycles. The number of rotatable bonds is 1. The molecule has 0 saturated carbocycles. The first kappa shape index (κ1) is 13.7. The molecule has 0 nitrogen and oxygen atoms in total. The van der Waals surface area contributed by atoms with Crippen LogP contribution in [0.25, 0.3) is 0 Å². The van der Waals surface area contributed by atoms with E-state index >= 15 is 0 Å². The molecule has 0 bridgehead atoms. The molecule has 0 aromatic heterocycles. The van der Waals surface area contributed by atoms with Crippen LogP contribution in [0.4, 0.5) is 0 Å². The second-order valence-corrected chi connectivity index (χ2v) is 1.45. The molecule has 0 N–H and O–H groups in total. The van der Waals surface area contributed by atoms with Gasteiger partial charge in [-0.15, -0.1) is 6.07 Å². The molecule has 0 atom stereocenters. The number of hydrogen-bond donors (Lipinski definition) is 0. The minimum atomic E-state index is 0. The average molecular weight is 280 g/mol. The van der Waals surface area contributed by atoms with Gasteiger partial charge in [-0.05, 0) is 0 Å². The van der Waals surface area contributed by atoms with E-state index in [1.807, 2.05) is 24.3 Å². The van der Waals surface area contributed by atoms with Gasteiger partial charge in [0.15, 0.2) is 0 Å². The summed E-state index contributed by atoms with van der Waals surface area (Å²) in [6, 6.07) is 10.5. The molecule has 1 rings (SSSR count). The van der Waals surface area contributed by atoms with E-state index in [-0.39, 0.29) is 65.4 Å². The van der Waals surface area contributed by atoms with E-state index in [4.69, 9.17) is 0 Å². The Kier molecular flexibility index (Phi) is 11.4. The van der Waals surface area contributed by atoms with E-state index in [0.29, 0.717) is 0 Å². The van der Waals surface area contributed by atoms with Crippen molar-refractivity contribution in [3.63, 3.8) is 0 Å². The second-order valence-electron chi connectivity index (χ2n) is 1.45. The first-order chi connectivity index (χ1) is 3.93. The Morgan fingerprint density at radius 1 is 1.30 bits per heavy atom. The molecule has 46 valence electrons. The predicted molar refractivity (Wildman–Crippen MR) is 33.2 cm³/mol. The van der Waals surface area contributed by atoms with Gasteiger partial charge in [0.25, 0.3) is 0 Å². The third kappa shape index (κ3) is 4.90. The van der Waals surface area contributed by atoms with Gasteiger partial charge in [0, 0.05) is 65.4 Å². The molecule has 10 heavy (non-hydrogen) atoms. The van der Waals surface area contributed by atoms with Crippen molar-refractivity contribution in [3.05, 3.63) is 48.6 Å². The summed E-state index contributed by atoms with van der Waals surface area (Å²) in [5, 5.41) is 0. The zero-order valence-electron chi connectivity index (χ0n) is 5.67. The van der Waals surface area contributed by atoms with E-state index < -0.39 is 0 Å². The van der Waals surface area contributed by atoms with Crippen LogP contribution in [0, 0.1) is 12.1 Å². The SMILES string of the molecule is C=[C-]c1[c-]cccc1.[Y].[Y]. The summed E-state index contributed by atoms with van der Waals surface area (Å²) in [7, 11) is 0. The summed E-state index contributed by atoms with van der Waals surface area (Å²) in [4.78, 5) is 0. The third-order valence-corrected chi connectivity index (χ3v) is 0.900. The molecule has 2 radical (unpaired) electrons. The van der Waals surface area contributed by atoms with Crippen molar-refractivity contribution >= 4 is 0 Å². The summed E-state index contributed by atoms with van der Waals surface area (Å²) in [6.45, 7) is 3.47. The van der Waals surface area contributed by atoms with Crippen LogP contribution < -0.4 is 0 Å². The Morgan fingerprint density at radius 3 is 2.30 bits per heavy atom. The van der Waals surface area contributed by atoms with Crippen molar-refractivity contribution in [1.29, 1.82) is 0 Å². The van der Waals surface area contributed by atoms with Crippen LogP contribution in [-0.4, -0.2) is 0 Å². The van der Waals surface area contributed by atoms with Crippen molar-refractivity contribution in [1.82, 2.24) is 0 Å². The van der Waals surface area contributed by atoms with Gasteiger partial charge < -0.3 is 17.7 Å². The molecule has 0 amide bonds. The fourth-order valence-corrected chi connectivity index (χ4v) is 0.503. The smallest absolute Gasteiger partial charge is 0 e. The molecule has 1 aromatic rings. The molecule has 0 aliphatic rings. The zero-order chi connectivity index (χ0) is 5.82. The van der Waals surface area contributed by atoms with Crippen LogP contribution in [0.1, 0.15) is 5.56 Å². The minimum Gasteiger partial charge on any atom is -0.383 e. The second kappa shape index (κ2) is 8.27. The maximum absolute atomic E-state index is 3.47. The van der Waals surface area contributed by atoms with E-state index in [1.54, 1.807) is 0 Å². The zero-order valence-corrected chi connectivity index (χ0v) is 11.3. The van der Waals surface area contributed by atoms with Crippen LogP contribution in [0.2, 0.25) is 0 Å². The van der Waals surface area contributed by atoms with E-state index in [1.165, 1.54) is 0 Å². The predicted octanol–water partition coefficient (Wildman–Crippen LogP) is 1.82. The van der Waals surface area contributed by atoms with E-state index in [9.17, 15) is 0 Å².